The Morgan fingerprint density at radius 1 is 1.33 bits per heavy atom. The Labute approximate surface area is 146 Å². The summed E-state index contributed by atoms with van der Waals surface area (Å²) in [5.41, 5.74) is 2.81. The number of rotatable bonds is 4. The third kappa shape index (κ3) is 3.65. The predicted octanol–water partition coefficient (Wildman–Crippen LogP) is 4.50. The van der Waals surface area contributed by atoms with Gasteiger partial charge in [-0.25, -0.2) is 0 Å². The Morgan fingerprint density at radius 3 is 2.96 bits per heavy atom. The van der Waals surface area contributed by atoms with E-state index in [1.807, 2.05) is 6.07 Å². The predicted molar refractivity (Wildman–Crippen MR) is 95.0 cm³/mol. The number of nitrogens with one attached hydrogen (secondary N) is 1. The highest BCUT2D eigenvalue weighted by Gasteiger charge is 2.23. The molecular formula is C19H20ClNO3. The van der Waals surface area contributed by atoms with E-state index < -0.39 is 0 Å². The molecule has 0 heterocycles. The maximum absolute atomic E-state index is 12.4. The van der Waals surface area contributed by atoms with Crippen LogP contribution in [0.2, 0.25) is 5.02 Å². The molecule has 4 nitrogen and oxygen atoms in total. The molecular weight excluding hydrogens is 326 g/mol. The highest BCUT2D eigenvalue weighted by atomic mass is 35.5. The number of benzene rings is 2. The smallest absolute Gasteiger partial charge is 0.225 e. The molecule has 5 heteroatoms. The van der Waals surface area contributed by atoms with E-state index in [1.54, 1.807) is 19.2 Å². The minimum atomic E-state index is -0.124. The molecule has 1 aliphatic carbocycles. The van der Waals surface area contributed by atoms with Crippen molar-refractivity contribution >= 4 is 23.2 Å². The molecule has 0 spiro atoms. The lowest BCUT2D eigenvalue weighted by Gasteiger charge is -2.25. The first-order chi connectivity index (χ1) is 11.6. The van der Waals surface area contributed by atoms with Crippen LogP contribution in [0.5, 0.6) is 11.5 Å². The molecule has 0 saturated heterocycles. The van der Waals surface area contributed by atoms with Crippen LogP contribution in [0.3, 0.4) is 0 Å². The number of carbonyl (C=O) groups is 1. The standard InChI is InChI=1S/C19H20ClNO3/c1-24-15-6-7-16-12(9-15)3-2-4-13(16)10-19(23)21-17-11-14(20)5-8-18(17)22/h5-9,11,13,22H,2-4,10H2,1H3,(H,21,23). The van der Waals surface area contributed by atoms with Gasteiger partial charge >= 0.3 is 0 Å². The van der Waals surface area contributed by atoms with Gasteiger partial charge in [0.05, 0.1) is 12.8 Å². The number of phenolic OH excluding ortho intramolecular Hbond substituents is 1. The molecule has 2 aromatic carbocycles. The van der Waals surface area contributed by atoms with E-state index in [9.17, 15) is 9.90 Å². The Kier molecular flexibility index (Phi) is 4.95. The number of aryl methyl sites for hydroxylation is 1. The fourth-order valence-corrected chi connectivity index (χ4v) is 3.44. The number of carbonyl (C=O) groups excluding carboxylic acids is 1. The number of ether oxygens (including phenoxy) is 1. The van der Waals surface area contributed by atoms with Gasteiger partial charge in [0.1, 0.15) is 11.5 Å². The minimum absolute atomic E-state index is 0.0153. The van der Waals surface area contributed by atoms with Gasteiger partial charge in [0.2, 0.25) is 5.91 Å². The molecule has 0 radical (unpaired) electrons. The lowest BCUT2D eigenvalue weighted by molar-refractivity contribution is -0.116. The minimum Gasteiger partial charge on any atom is -0.506 e. The number of halogens is 1. The normalized spacial score (nSPS) is 16.3. The summed E-state index contributed by atoms with van der Waals surface area (Å²) in [6.07, 6.45) is 3.43. The molecule has 1 atom stereocenters. The molecule has 2 aromatic rings. The second kappa shape index (κ2) is 7.14. The number of aromatic hydroxyl groups is 1. The van der Waals surface area contributed by atoms with Gasteiger partial charge in [0, 0.05) is 11.4 Å². The lowest BCUT2D eigenvalue weighted by Crippen LogP contribution is -2.19. The third-order valence-corrected chi connectivity index (χ3v) is 4.69. The van der Waals surface area contributed by atoms with Crippen LogP contribution in [0.15, 0.2) is 36.4 Å². The van der Waals surface area contributed by atoms with E-state index >= 15 is 0 Å². The highest BCUT2D eigenvalue weighted by molar-refractivity contribution is 6.31. The largest absolute Gasteiger partial charge is 0.506 e. The van der Waals surface area contributed by atoms with Gasteiger partial charge < -0.3 is 15.2 Å². The topological polar surface area (TPSA) is 58.6 Å². The Bertz CT molecular complexity index is 760. The van der Waals surface area contributed by atoms with Crippen LogP contribution in [0.1, 0.15) is 36.3 Å². The van der Waals surface area contributed by atoms with Crippen LogP contribution in [0.4, 0.5) is 5.69 Å². The van der Waals surface area contributed by atoms with Crippen molar-refractivity contribution in [3.8, 4) is 11.5 Å². The maximum Gasteiger partial charge on any atom is 0.225 e. The summed E-state index contributed by atoms with van der Waals surface area (Å²) in [5.74, 6) is 0.923. The van der Waals surface area contributed by atoms with Crippen molar-refractivity contribution in [2.24, 2.45) is 0 Å². The molecule has 24 heavy (non-hydrogen) atoms. The molecule has 0 aromatic heterocycles. The number of methoxy groups -OCH3 is 1. The summed E-state index contributed by atoms with van der Waals surface area (Å²) in [5, 5.41) is 13.0. The van der Waals surface area contributed by atoms with Crippen molar-refractivity contribution < 1.29 is 14.6 Å². The molecule has 0 bridgehead atoms. The zero-order chi connectivity index (χ0) is 17.1. The van der Waals surface area contributed by atoms with Crippen LogP contribution >= 0.6 is 11.6 Å². The van der Waals surface area contributed by atoms with Crippen molar-refractivity contribution in [2.45, 2.75) is 31.6 Å². The van der Waals surface area contributed by atoms with E-state index in [-0.39, 0.29) is 17.6 Å². The fraction of sp³-hybridized carbons (Fsp3) is 0.316. The highest BCUT2D eigenvalue weighted by Crippen LogP contribution is 2.36. The zero-order valence-electron chi connectivity index (χ0n) is 13.5. The number of amides is 1. The SMILES string of the molecule is COc1ccc2c(c1)CCCC2CC(=O)Nc1cc(Cl)ccc1O. The number of hydrogen-bond donors (Lipinski definition) is 2. The number of phenols is 1. The summed E-state index contributed by atoms with van der Waals surface area (Å²) in [6.45, 7) is 0. The Balaban J connectivity index is 1.73. The van der Waals surface area contributed by atoms with Crippen molar-refractivity contribution in [1.82, 2.24) is 0 Å². The first kappa shape index (κ1) is 16.7. The molecule has 1 amide bonds. The summed E-state index contributed by atoms with van der Waals surface area (Å²) in [4.78, 5) is 12.4. The van der Waals surface area contributed by atoms with Crippen LogP contribution in [0, 0.1) is 0 Å². The molecule has 126 valence electrons. The number of anilines is 1. The van der Waals surface area contributed by atoms with Crippen LogP contribution < -0.4 is 10.1 Å². The van der Waals surface area contributed by atoms with E-state index in [1.165, 1.54) is 17.2 Å². The summed E-state index contributed by atoms with van der Waals surface area (Å²) in [7, 11) is 1.66. The molecule has 2 N–H and O–H groups in total. The molecule has 1 aliphatic rings. The average Bonchev–Trinajstić information content (AvgIpc) is 2.58. The summed E-state index contributed by atoms with van der Waals surface area (Å²) >= 11 is 5.91. The zero-order valence-corrected chi connectivity index (χ0v) is 14.3. The fourth-order valence-electron chi connectivity index (χ4n) is 3.26. The second-order valence-electron chi connectivity index (χ2n) is 6.07. The van der Waals surface area contributed by atoms with Gasteiger partial charge in [0.15, 0.2) is 0 Å². The lowest BCUT2D eigenvalue weighted by atomic mass is 9.81. The average molecular weight is 346 g/mol. The van der Waals surface area contributed by atoms with Crippen molar-refractivity contribution in [2.75, 3.05) is 12.4 Å². The van der Waals surface area contributed by atoms with E-state index in [2.05, 4.69) is 17.4 Å². The van der Waals surface area contributed by atoms with Crippen molar-refractivity contribution in [3.63, 3.8) is 0 Å². The van der Waals surface area contributed by atoms with Gasteiger partial charge in [-0.2, -0.15) is 0 Å². The van der Waals surface area contributed by atoms with Gasteiger partial charge in [-0.1, -0.05) is 17.7 Å². The van der Waals surface area contributed by atoms with E-state index in [0.29, 0.717) is 17.1 Å². The first-order valence-electron chi connectivity index (χ1n) is 8.02. The van der Waals surface area contributed by atoms with Gasteiger partial charge in [0.25, 0.3) is 0 Å². The van der Waals surface area contributed by atoms with E-state index in [4.69, 9.17) is 16.3 Å². The van der Waals surface area contributed by atoms with E-state index in [0.717, 1.165) is 25.0 Å². The summed E-state index contributed by atoms with van der Waals surface area (Å²) < 4.78 is 5.28. The Morgan fingerprint density at radius 2 is 2.17 bits per heavy atom. The van der Waals surface area contributed by atoms with Crippen LogP contribution in [-0.2, 0) is 11.2 Å². The molecule has 0 fully saturated rings. The van der Waals surface area contributed by atoms with Gasteiger partial charge in [-0.3, -0.25) is 4.79 Å². The van der Waals surface area contributed by atoms with Crippen LogP contribution in [-0.4, -0.2) is 18.1 Å². The number of hydrogen-bond acceptors (Lipinski definition) is 3. The second-order valence-corrected chi connectivity index (χ2v) is 6.50. The number of fused-ring (bicyclic) bond motifs is 1. The quantitative estimate of drug-likeness (QED) is 0.802. The molecule has 0 saturated carbocycles. The molecule has 0 aliphatic heterocycles. The van der Waals surface area contributed by atoms with Gasteiger partial charge in [-0.15, -0.1) is 0 Å². The third-order valence-electron chi connectivity index (χ3n) is 4.45. The monoisotopic (exact) mass is 345 g/mol. The van der Waals surface area contributed by atoms with Gasteiger partial charge in [-0.05, 0) is 66.6 Å². The van der Waals surface area contributed by atoms with Crippen LogP contribution in [0.25, 0.3) is 0 Å². The van der Waals surface area contributed by atoms with Crippen molar-refractivity contribution in [1.29, 1.82) is 0 Å². The molecule has 3 rings (SSSR count). The molecule has 1 unspecified atom stereocenters. The maximum atomic E-state index is 12.4. The first-order valence-corrected chi connectivity index (χ1v) is 8.40. The van der Waals surface area contributed by atoms with Crippen molar-refractivity contribution in [3.05, 3.63) is 52.5 Å². The summed E-state index contributed by atoms with van der Waals surface area (Å²) in [6, 6.07) is 10.7. The Hall–Kier alpha value is -2.20.